The molecule has 0 saturated heterocycles. The highest BCUT2D eigenvalue weighted by Crippen LogP contribution is 1.90. The first kappa shape index (κ1) is 10.7. The van der Waals surface area contributed by atoms with Crippen molar-refractivity contribution < 1.29 is 4.79 Å². The summed E-state index contributed by atoms with van der Waals surface area (Å²) in [4.78, 5) is 9.81. The van der Waals surface area contributed by atoms with E-state index in [-0.39, 0.29) is 28.3 Å². The summed E-state index contributed by atoms with van der Waals surface area (Å²) in [7, 11) is 0. The summed E-state index contributed by atoms with van der Waals surface area (Å²) in [5.74, 6) is 0. The van der Waals surface area contributed by atoms with Crippen molar-refractivity contribution in [3.8, 4) is 0 Å². The quantitative estimate of drug-likeness (QED) is 0.398. The van der Waals surface area contributed by atoms with Gasteiger partial charge in [-0.1, -0.05) is 6.92 Å². The first-order chi connectivity index (χ1) is 2.77. The van der Waals surface area contributed by atoms with Crippen LogP contribution in [0.5, 0.6) is 0 Å². The van der Waals surface area contributed by atoms with Gasteiger partial charge < -0.3 is 0 Å². The molecule has 7 heavy (non-hydrogen) atoms. The highest BCUT2D eigenvalue weighted by Gasteiger charge is 1.87. The third kappa shape index (κ3) is 10.8. The molecule has 0 spiro atoms. The van der Waals surface area contributed by atoms with Crippen LogP contribution in [0.2, 0.25) is 0 Å². The van der Waals surface area contributed by atoms with E-state index in [1.54, 1.807) is 0 Å². The minimum absolute atomic E-state index is 0. The lowest BCUT2D eigenvalue weighted by Gasteiger charge is -1.77. The van der Waals surface area contributed by atoms with Gasteiger partial charge in [0, 0.05) is 6.42 Å². The molecule has 0 N–H and O–H groups in total. The molecule has 0 aliphatic carbocycles. The van der Waals surface area contributed by atoms with Crippen LogP contribution in [-0.4, -0.2) is 28.3 Å². The third-order valence-electron chi connectivity index (χ3n) is 0.447. The van der Waals surface area contributed by atoms with Crippen molar-refractivity contribution in [1.29, 1.82) is 0 Å². The fourth-order valence-corrected chi connectivity index (χ4v) is 0.386. The molecule has 0 unspecified atom stereocenters. The largest absolute Gasteiger partial charge is 0.316 e. The molecule has 0 rings (SSSR count). The van der Waals surface area contributed by atoms with Crippen LogP contribution >= 0.6 is 11.6 Å². The Balaban J connectivity index is 0. The maximum atomic E-state index is 9.81. The Bertz CT molecular complexity index is 55.7. The van der Waals surface area contributed by atoms with E-state index in [4.69, 9.17) is 11.6 Å². The van der Waals surface area contributed by atoms with Gasteiger partial charge in [-0.15, -0.1) is 0 Å². The standard InChI is InChI=1S/C4H7ClO.Mg.2H/c1-2-3-4(5)6;;;/h2-3H2,1H3;;;. The highest BCUT2D eigenvalue weighted by atomic mass is 35.5. The van der Waals surface area contributed by atoms with Crippen molar-refractivity contribution in [2.45, 2.75) is 19.8 Å². The van der Waals surface area contributed by atoms with E-state index in [0.29, 0.717) is 6.42 Å². The molecule has 0 aliphatic heterocycles. The molecule has 0 heterocycles. The van der Waals surface area contributed by atoms with Crippen molar-refractivity contribution in [3.63, 3.8) is 0 Å². The highest BCUT2D eigenvalue weighted by molar-refractivity contribution is 6.63. The average Bonchev–Trinajstić information content (AvgIpc) is 1.35. The second kappa shape index (κ2) is 6.73. The van der Waals surface area contributed by atoms with Gasteiger partial charge in [-0.25, -0.2) is 0 Å². The van der Waals surface area contributed by atoms with Crippen LogP contribution in [-0.2, 0) is 4.79 Å². The second-order valence-electron chi connectivity index (χ2n) is 1.11. The van der Waals surface area contributed by atoms with Gasteiger partial charge in [0.15, 0.2) is 0 Å². The van der Waals surface area contributed by atoms with E-state index in [9.17, 15) is 4.79 Å². The summed E-state index contributed by atoms with van der Waals surface area (Å²) in [5, 5.41) is -0.238. The lowest BCUT2D eigenvalue weighted by atomic mass is 10.4. The van der Waals surface area contributed by atoms with Gasteiger partial charge >= 0.3 is 23.1 Å². The molecule has 0 aromatic rings. The Kier molecular flexibility index (Phi) is 10.2. The summed E-state index contributed by atoms with van der Waals surface area (Å²) in [6.07, 6.45) is 1.35. The summed E-state index contributed by atoms with van der Waals surface area (Å²) in [5.41, 5.74) is 0. The van der Waals surface area contributed by atoms with E-state index in [0.717, 1.165) is 6.42 Å². The SMILES string of the molecule is CCCC(=O)Cl.[MgH2]. The molecule has 0 saturated carbocycles. The maximum Gasteiger partial charge on any atom is 0.316 e. The van der Waals surface area contributed by atoms with Crippen LogP contribution in [0, 0.1) is 0 Å². The lowest BCUT2D eigenvalue weighted by Crippen LogP contribution is -1.79. The zero-order valence-corrected chi connectivity index (χ0v) is 4.46. The van der Waals surface area contributed by atoms with Crippen LogP contribution in [0.25, 0.3) is 0 Å². The predicted octanol–water partition coefficient (Wildman–Crippen LogP) is 0.636. The van der Waals surface area contributed by atoms with Gasteiger partial charge in [-0.2, -0.15) is 0 Å². The fraction of sp³-hybridized carbons (Fsp3) is 0.750. The topological polar surface area (TPSA) is 17.1 Å². The maximum absolute atomic E-state index is 9.81. The molecule has 40 valence electrons. The molecule has 0 aromatic carbocycles. The molecule has 0 bridgehead atoms. The molecule has 0 aromatic heterocycles. The zero-order valence-electron chi connectivity index (χ0n) is 3.70. The zero-order chi connectivity index (χ0) is 4.99. The average molecular weight is 133 g/mol. The van der Waals surface area contributed by atoms with E-state index >= 15 is 0 Å². The van der Waals surface area contributed by atoms with E-state index in [2.05, 4.69) is 0 Å². The summed E-state index contributed by atoms with van der Waals surface area (Å²) in [6, 6.07) is 0. The van der Waals surface area contributed by atoms with Crippen molar-refractivity contribution in [2.24, 2.45) is 0 Å². The Morgan fingerprint density at radius 1 is 1.71 bits per heavy atom. The van der Waals surface area contributed by atoms with Crippen LogP contribution in [0.15, 0.2) is 0 Å². The van der Waals surface area contributed by atoms with Gasteiger partial charge in [-0.05, 0) is 18.0 Å². The number of rotatable bonds is 2. The number of halogens is 1. The molecule has 0 fully saturated rings. The molecule has 0 radical (unpaired) electrons. The van der Waals surface area contributed by atoms with Crippen molar-refractivity contribution in [3.05, 3.63) is 0 Å². The monoisotopic (exact) mass is 132 g/mol. The first-order valence-electron chi connectivity index (χ1n) is 1.95. The second-order valence-corrected chi connectivity index (χ2v) is 1.53. The van der Waals surface area contributed by atoms with Crippen LogP contribution in [0.3, 0.4) is 0 Å². The molecule has 0 atom stereocenters. The third-order valence-corrected chi connectivity index (χ3v) is 0.636. The molecule has 0 amide bonds. The summed E-state index contributed by atoms with van der Waals surface area (Å²) in [6.45, 7) is 1.92. The fourth-order valence-electron chi connectivity index (χ4n) is 0.197. The number of hydrogen-bond acceptors (Lipinski definition) is 1. The molecule has 1 nitrogen and oxygen atoms in total. The Labute approximate surface area is 64.6 Å². The minimum Gasteiger partial charge on any atom is -0.281 e. The van der Waals surface area contributed by atoms with Gasteiger partial charge in [0.1, 0.15) is 0 Å². The normalized spacial score (nSPS) is 7.14. The van der Waals surface area contributed by atoms with Gasteiger partial charge in [0.25, 0.3) is 0 Å². The van der Waals surface area contributed by atoms with Gasteiger partial charge in [-0.3, -0.25) is 4.79 Å². The smallest absolute Gasteiger partial charge is 0.281 e. The summed E-state index contributed by atoms with van der Waals surface area (Å²) >= 11 is 4.94. The van der Waals surface area contributed by atoms with E-state index < -0.39 is 0 Å². The van der Waals surface area contributed by atoms with Crippen LogP contribution in [0.1, 0.15) is 19.8 Å². The first-order valence-corrected chi connectivity index (χ1v) is 2.33. The van der Waals surface area contributed by atoms with E-state index in [1.165, 1.54) is 0 Å². The van der Waals surface area contributed by atoms with Crippen molar-refractivity contribution >= 4 is 39.9 Å². The Morgan fingerprint density at radius 2 is 2.14 bits per heavy atom. The predicted molar refractivity (Wildman–Crippen MR) is 34.3 cm³/mol. The van der Waals surface area contributed by atoms with E-state index in [1.807, 2.05) is 6.92 Å². The molecular weight excluding hydrogens is 124 g/mol. The molecule has 0 aliphatic rings. The van der Waals surface area contributed by atoms with Gasteiger partial charge in [0.05, 0.1) is 0 Å². The molecule has 3 heteroatoms. The van der Waals surface area contributed by atoms with Crippen LogP contribution in [0.4, 0.5) is 0 Å². The van der Waals surface area contributed by atoms with Gasteiger partial charge in [0.2, 0.25) is 5.24 Å². The summed E-state index contributed by atoms with van der Waals surface area (Å²) < 4.78 is 0. The van der Waals surface area contributed by atoms with Crippen molar-refractivity contribution in [1.82, 2.24) is 0 Å². The number of carbonyl (C=O) groups is 1. The lowest BCUT2D eigenvalue weighted by molar-refractivity contribution is -0.111. The Morgan fingerprint density at radius 3 is 2.14 bits per heavy atom. The van der Waals surface area contributed by atoms with Crippen LogP contribution < -0.4 is 0 Å². The minimum atomic E-state index is -0.238. The number of carbonyl (C=O) groups excluding carboxylic acids is 1. The molecular formula is C4H9ClMgO. The van der Waals surface area contributed by atoms with Crippen molar-refractivity contribution in [2.75, 3.05) is 0 Å². The Hall–Kier alpha value is 0.726. The number of hydrogen-bond donors (Lipinski definition) is 0.